The monoisotopic (exact) mass is 365 g/mol. The summed E-state index contributed by atoms with van der Waals surface area (Å²) in [5.74, 6) is -1.71. The zero-order chi connectivity index (χ0) is 18.4. The van der Waals surface area contributed by atoms with Crippen molar-refractivity contribution in [1.82, 2.24) is 10.2 Å². The molecule has 0 saturated carbocycles. The zero-order valence-corrected chi connectivity index (χ0v) is 14.7. The zero-order valence-electron chi connectivity index (χ0n) is 13.8. The van der Waals surface area contributed by atoms with Gasteiger partial charge in [-0.1, -0.05) is 30.3 Å². The number of carbonyl (C=O) groups is 3. The summed E-state index contributed by atoms with van der Waals surface area (Å²) >= 11 is 4.02. The summed E-state index contributed by atoms with van der Waals surface area (Å²) < 4.78 is 0. The Morgan fingerprint density at radius 1 is 1.32 bits per heavy atom. The quantitative estimate of drug-likeness (QED) is 0.510. The van der Waals surface area contributed by atoms with Crippen LogP contribution in [-0.4, -0.2) is 58.2 Å². The molecule has 0 aliphatic carbocycles. The highest BCUT2D eigenvalue weighted by Gasteiger charge is 2.37. The van der Waals surface area contributed by atoms with Crippen LogP contribution in [0.1, 0.15) is 18.4 Å². The van der Waals surface area contributed by atoms with E-state index in [0.29, 0.717) is 19.4 Å². The summed E-state index contributed by atoms with van der Waals surface area (Å²) in [5.41, 5.74) is 6.53. The molecular weight excluding hydrogens is 342 g/mol. The van der Waals surface area contributed by atoms with Gasteiger partial charge in [0, 0.05) is 18.7 Å². The summed E-state index contributed by atoms with van der Waals surface area (Å²) in [6.07, 6.45) is 1.35. The molecule has 7 nitrogen and oxygen atoms in total. The van der Waals surface area contributed by atoms with Crippen LogP contribution in [-0.2, 0) is 20.8 Å². The van der Waals surface area contributed by atoms with Gasteiger partial charge in [-0.05, 0) is 18.4 Å². The molecule has 4 N–H and O–H groups in total. The number of carboxylic acids is 1. The molecule has 0 radical (unpaired) electrons. The fraction of sp³-hybridized carbons (Fsp3) is 0.471. The van der Waals surface area contributed by atoms with Gasteiger partial charge in [-0.25, -0.2) is 4.79 Å². The Morgan fingerprint density at radius 3 is 2.60 bits per heavy atom. The first-order valence-electron chi connectivity index (χ1n) is 8.18. The second-order valence-electron chi connectivity index (χ2n) is 6.07. The lowest BCUT2D eigenvalue weighted by Gasteiger charge is -2.27. The summed E-state index contributed by atoms with van der Waals surface area (Å²) in [6.45, 7) is 0.439. The Kier molecular flexibility index (Phi) is 6.83. The molecule has 0 bridgehead atoms. The van der Waals surface area contributed by atoms with Gasteiger partial charge in [0.05, 0.1) is 6.04 Å². The molecule has 0 aromatic heterocycles. The van der Waals surface area contributed by atoms with E-state index in [4.69, 9.17) is 5.73 Å². The Morgan fingerprint density at radius 2 is 2.00 bits per heavy atom. The van der Waals surface area contributed by atoms with Gasteiger partial charge >= 0.3 is 5.97 Å². The van der Waals surface area contributed by atoms with Crippen molar-refractivity contribution in [3.8, 4) is 0 Å². The lowest BCUT2D eigenvalue weighted by Crippen LogP contribution is -2.54. The van der Waals surface area contributed by atoms with Gasteiger partial charge in [-0.3, -0.25) is 9.59 Å². The third-order valence-electron chi connectivity index (χ3n) is 4.25. The SMILES string of the molecule is NC(CS)C(=O)N1CCCC1C(=O)NC(Cc1ccccc1)C(=O)O. The summed E-state index contributed by atoms with van der Waals surface area (Å²) in [5, 5.41) is 12.0. The number of nitrogens with two attached hydrogens (primary N) is 1. The molecule has 8 heteroatoms. The van der Waals surface area contributed by atoms with Gasteiger partial charge in [-0.2, -0.15) is 12.6 Å². The van der Waals surface area contributed by atoms with E-state index in [1.807, 2.05) is 18.2 Å². The van der Waals surface area contributed by atoms with Crippen molar-refractivity contribution in [2.45, 2.75) is 37.4 Å². The molecule has 1 fully saturated rings. The number of amides is 2. The third-order valence-corrected chi connectivity index (χ3v) is 4.64. The molecule has 3 atom stereocenters. The van der Waals surface area contributed by atoms with E-state index in [1.54, 1.807) is 12.1 Å². The summed E-state index contributed by atoms with van der Waals surface area (Å²) in [6, 6.07) is 6.57. The van der Waals surface area contributed by atoms with Crippen molar-refractivity contribution in [1.29, 1.82) is 0 Å². The van der Waals surface area contributed by atoms with Gasteiger partial charge in [0.25, 0.3) is 0 Å². The number of nitrogens with zero attached hydrogens (tertiary/aromatic N) is 1. The van der Waals surface area contributed by atoms with Gasteiger partial charge < -0.3 is 21.1 Å². The van der Waals surface area contributed by atoms with Crippen LogP contribution in [0.25, 0.3) is 0 Å². The van der Waals surface area contributed by atoms with Crippen LogP contribution in [0.4, 0.5) is 0 Å². The average molecular weight is 365 g/mol. The van der Waals surface area contributed by atoms with Crippen molar-refractivity contribution in [2.24, 2.45) is 5.73 Å². The lowest BCUT2D eigenvalue weighted by molar-refractivity contribution is -0.144. The van der Waals surface area contributed by atoms with Crippen molar-refractivity contribution in [2.75, 3.05) is 12.3 Å². The molecule has 25 heavy (non-hydrogen) atoms. The van der Waals surface area contributed by atoms with Gasteiger partial charge in [0.1, 0.15) is 12.1 Å². The normalized spacial score (nSPS) is 19.3. The molecule has 1 aliphatic rings. The molecule has 1 aromatic rings. The highest BCUT2D eigenvalue weighted by atomic mass is 32.1. The fourth-order valence-electron chi connectivity index (χ4n) is 2.91. The number of aliphatic carboxylic acids is 1. The molecule has 0 spiro atoms. The van der Waals surface area contributed by atoms with Gasteiger partial charge in [0.15, 0.2) is 0 Å². The van der Waals surface area contributed by atoms with Crippen LogP contribution in [0.2, 0.25) is 0 Å². The van der Waals surface area contributed by atoms with E-state index in [-0.39, 0.29) is 18.1 Å². The Labute approximate surface area is 152 Å². The smallest absolute Gasteiger partial charge is 0.326 e. The Balaban J connectivity index is 2.04. The topological polar surface area (TPSA) is 113 Å². The van der Waals surface area contributed by atoms with Crippen LogP contribution in [0.15, 0.2) is 30.3 Å². The minimum absolute atomic E-state index is 0.179. The van der Waals surface area contributed by atoms with E-state index >= 15 is 0 Å². The minimum Gasteiger partial charge on any atom is -0.480 e. The third kappa shape index (κ3) is 4.96. The molecule has 1 saturated heterocycles. The van der Waals surface area contributed by atoms with E-state index in [9.17, 15) is 19.5 Å². The summed E-state index contributed by atoms with van der Waals surface area (Å²) in [4.78, 5) is 37.7. The number of rotatable bonds is 7. The largest absolute Gasteiger partial charge is 0.480 e. The molecule has 3 unspecified atom stereocenters. The Hall–Kier alpha value is -2.06. The number of thiol groups is 1. The molecule has 1 aliphatic heterocycles. The lowest BCUT2D eigenvalue weighted by atomic mass is 10.1. The van der Waals surface area contributed by atoms with Crippen molar-refractivity contribution in [3.05, 3.63) is 35.9 Å². The van der Waals surface area contributed by atoms with Crippen molar-refractivity contribution < 1.29 is 19.5 Å². The second-order valence-corrected chi connectivity index (χ2v) is 6.43. The molecule has 2 rings (SSSR count). The predicted molar refractivity (Wildman–Crippen MR) is 96.3 cm³/mol. The standard InChI is InChI=1S/C17H23N3O4S/c18-12(10-25)16(22)20-8-4-7-14(20)15(21)19-13(17(23)24)9-11-5-2-1-3-6-11/h1-3,5-6,12-14,25H,4,7-10,18H2,(H,19,21)(H,23,24). The van der Waals surface area contributed by atoms with E-state index in [0.717, 1.165) is 5.56 Å². The number of likely N-dealkylation sites (tertiary alicyclic amines) is 1. The maximum absolute atomic E-state index is 12.5. The number of hydrogen-bond acceptors (Lipinski definition) is 5. The minimum atomic E-state index is -1.11. The number of carboxylic acid groups (broad SMARTS) is 1. The predicted octanol–water partition coefficient (Wildman–Crippen LogP) is 0.0466. The van der Waals surface area contributed by atoms with Crippen LogP contribution < -0.4 is 11.1 Å². The van der Waals surface area contributed by atoms with E-state index in [1.165, 1.54) is 4.90 Å². The highest BCUT2D eigenvalue weighted by Crippen LogP contribution is 2.19. The number of carbonyl (C=O) groups excluding carboxylic acids is 2. The van der Waals surface area contributed by atoms with Gasteiger partial charge in [-0.15, -0.1) is 0 Å². The van der Waals surface area contributed by atoms with Crippen LogP contribution in [0.5, 0.6) is 0 Å². The molecular formula is C17H23N3O4S. The van der Waals surface area contributed by atoms with Crippen molar-refractivity contribution >= 4 is 30.4 Å². The number of hydrogen-bond donors (Lipinski definition) is 4. The molecule has 1 aromatic carbocycles. The van der Waals surface area contributed by atoms with Crippen LogP contribution in [0.3, 0.4) is 0 Å². The van der Waals surface area contributed by atoms with Gasteiger partial charge in [0.2, 0.25) is 11.8 Å². The average Bonchev–Trinajstić information content (AvgIpc) is 3.10. The van der Waals surface area contributed by atoms with Crippen LogP contribution >= 0.6 is 12.6 Å². The van der Waals surface area contributed by atoms with Crippen molar-refractivity contribution in [3.63, 3.8) is 0 Å². The van der Waals surface area contributed by atoms with E-state index < -0.39 is 30.0 Å². The first-order valence-corrected chi connectivity index (χ1v) is 8.81. The van der Waals surface area contributed by atoms with Crippen LogP contribution in [0, 0.1) is 0 Å². The maximum atomic E-state index is 12.5. The first-order chi connectivity index (χ1) is 11.9. The van der Waals surface area contributed by atoms with E-state index in [2.05, 4.69) is 17.9 Å². The highest BCUT2D eigenvalue weighted by molar-refractivity contribution is 7.80. The molecule has 136 valence electrons. The maximum Gasteiger partial charge on any atom is 0.326 e. The molecule has 1 heterocycles. The fourth-order valence-corrected chi connectivity index (χ4v) is 3.07. The second kappa shape index (κ2) is 8.87. The Bertz CT molecular complexity index is 626. The summed E-state index contributed by atoms with van der Waals surface area (Å²) in [7, 11) is 0. The number of nitrogens with one attached hydrogen (secondary N) is 1. The number of benzene rings is 1. The first kappa shape index (κ1) is 19.3. The molecule has 2 amide bonds.